The van der Waals surface area contributed by atoms with E-state index in [4.69, 9.17) is 5.11 Å². The van der Waals surface area contributed by atoms with Crippen LogP contribution in [0.4, 0.5) is 28.7 Å². The van der Waals surface area contributed by atoms with Crippen LogP contribution < -0.4 is 10.6 Å². The van der Waals surface area contributed by atoms with Crippen molar-refractivity contribution in [1.82, 2.24) is 9.97 Å². The highest BCUT2D eigenvalue weighted by Gasteiger charge is 2.24. The summed E-state index contributed by atoms with van der Waals surface area (Å²) in [5.74, 6) is -1.01. The van der Waals surface area contributed by atoms with Crippen molar-refractivity contribution in [3.63, 3.8) is 0 Å². The van der Waals surface area contributed by atoms with Crippen LogP contribution in [0, 0.1) is 24.0 Å². The lowest BCUT2D eigenvalue weighted by atomic mass is 10.1. The Morgan fingerprint density at radius 1 is 1.04 bits per heavy atom. The summed E-state index contributed by atoms with van der Waals surface area (Å²) in [6, 6.07) is 11.4. The summed E-state index contributed by atoms with van der Waals surface area (Å²) in [5.41, 5.74) is 2.96. The number of aromatic nitrogens is 2. The molecule has 0 saturated heterocycles. The molecule has 0 unspecified atom stereocenters. The second kappa shape index (κ2) is 7.70. The average molecular weight is 379 g/mol. The van der Waals surface area contributed by atoms with E-state index in [1.807, 2.05) is 32.0 Å². The molecule has 0 aliphatic rings. The minimum absolute atomic E-state index is 0.00381. The zero-order valence-electron chi connectivity index (χ0n) is 15.1. The van der Waals surface area contributed by atoms with E-state index in [9.17, 15) is 14.9 Å². The largest absolute Gasteiger partial charge is 0.478 e. The lowest BCUT2D eigenvalue weighted by molar-refractivity contribution is -0.383. The van der Waals surface area contributed by atoms with E-state index in [1.165, 1.54) is 30.6 Å². The first-order valence-corrected chi connectivity index (χ1v) is 8.30. The zero-order chi connectivity index (χ0) is 20.3. The minimum atomic E-state index is -1.06. The fraction of sp³-hybridized carbons (Fsp3) is 0.105. The highest BCUT2D eigenvalue weighted by Crippen LogP contribution is 2.34. The van der Waals surface area contributed by atoms with E-state index in [0.717, 1.165) is 11.1 Å². The molecule has 0 aliphatic heterocycles. The van der Waals surface area contributed by atoms with E-state index in [1.54, 1.807) is 0 Å². The number of hydrogen-bond donors (Lipinski definition) is 3. The lowest BCUT2D eigenvalue weighted by Gasteiger charge is -2.12. The Kier molecular flexibility index (Phi) is 5.16. The van der Waals surface area contributed by atoms with Crippen molar-refractivity contribution in [2.24, 2.45) is 0 Å². The molecule has 1 aromatic heterocycles. The molecule has 3 aromatic rings. The molecule has 1 heterocycles. The predicted octanol–water partition coefficient (Wildman–Crippen LogP) is 4.19. The molecule has 0 amide bonds. The quantitative estimate of drug-likeness (QED) is 0.429. The molecule has 142 valence electrons. The summed E-state index contributed by atoms with van der Waals surface area (Å²) in [5, 5.41) is 26.5. The van der Waals surface area contributed by atoms with Crippen LogP contribution in [0.2, 0.25) is 0 Å². The molecule has 0 saturated carbocycles. The van der Waals surface area contributed by atoms with Gasteiger partial charge in [-0.15, -0.1) is 0 Å². The maximum Gasteiger partial charge on any atom is 0.353 e. The zero-order valence-corrected chi connectivity index (χ0v) is 15.1. The monoisotopic (exact) mass is 379 g/mol. The Balaban J connectivity index is 1.96. The molecular weight excluding hydrogens is 362 g/mol. The van der Waals surface area contributed by atoms with Crippen LogP contribution in [-0.4, -0.2) is 26.0 Å². The molecule has 3 N–H and O–H groups in total. The van der Waals surface area contributed by atoms with Crippen molar-refractivity contribution in [2.75, 3.05) is 10.6 Å². The smallest absolute Gasteiger partial charge is 0.353 e. The highest BCUT2D eigenvalue weighted by molar-refractivity contribution is 5.88. The van der Waals surface area contributed by atoms with E-state index in [2.05, 4.69) is 20.6 Å². The van der Waals surface area contributed by atoms with Gasteiger partial charge in [-0.3, -0.25) is 10.1 Å². The highest BCUT2D eigenvalue weighted by atomic mass is 16.6. The minimum Gasteiger partial charge on any atom is -0.478 e. The third kappa shape index (κ3) is 3.88. The van der Waals surface area contributed by atoms with Crippen LogP contribution in [0.15, 0.2) is 48.8 Å². The van der Waals surface area contributed by atoms with Gasteiger partial charge in [-0.1, -0.05) is 12.1 Å². The number of nitrogens with one attached hydrogen (secondary N) is 2. The van der Waals surface area contributed by atoms with E-state index >= 15 is 0 Å². The van der Waals surface area contributed by atoms with Crippen LogP contribution in [0.25, 0.3) is 0 Å². The topological polar surface area (TPSA) is 130 Å². The number of nitrogens with zero attached hydrogens (tertiary/aromatic N) is 3. The van der Waals surface area contributed by atoms with E-state index in [0.29, 0.717) is 11.4 Å². The van der Waals surface area contributed by atoms with E-state index < -0.39 is 10.9 Å². The second-order valence-corrected chi connectivity index (χ2v) is 6.06. The Labute approximate surface area is 160 Å². The van der Waals surface area contributed by atoms with Gasteiger partial charge < -0.3 is 15.7 Å². The number of carboxylic acid groups (broad SMARTS) is 1. The van der Waals surface area contributed by atoms with Crippen LogP contribution in [-0.2, 0) is 0 Å². The van der Waals surface area contributed by atoms with Gasteiger partial charge in [0.05, 0.1) is 10.5 Å². The summed E-state index contributed by atoms with van der Waals surface area (Å²) >= 11 is 0. The third-order valence-electron chi connectivity index (χ3n) is 4.26. The standard InChI is InChI=1S/C19H17N5O4/c1-11-4-3-5-15(12(11)2)23-18-16(24(27)28)17(20-10-21-18)22-14-8-6-13(7-9-14)19(25)26/h3-10H,1-2H3,(H,25,26)(H2,20,21,22,23). The van der Waals surface area contributed by atoms with Crippen LogP contribution in [0.5, 0.6) is 0 Å². The summed E-state index contributed by atoms with van der Waals surface area (Å²) < 4.78 is 0. The first-order valence-electron chi connectivity index (χ1n) is 8.30. The van der Waals surface area contributed by atoms with E-state index in [-0.39, 0.29) is 22.9 Å². The molecule has 0 aliphatic carbocycles. The molecular formula is C19H17N5O4. The number of anilines is 4. The van der Waals surface area contributed by atoms with Gasteiger partial charge in [0.25, 0.3) is 0 Å². The molecule has 0 atom stereocenters. The summed E-state index contributed by atoms with van der Waals surface area (Å²) in [4.78, 5) is 30.1. The normalized spacial score (nSPS) is 10.4. The Hall–Kier alpha value is -4.01. The molecule has 9 heteroatoms. The molecule has 0 fully saturated rings. The molecule has 3 rings (SSSR count). The van der Waals surface area contributed by atoms with Crippen molar-refractivity contribution in [2.45, 2.75) is 13.8 Å². The average Bonchev–Trinajstić information content (AvgIpc) is 2.66. The van der Waals surface area contributed by atoms with Gasteiger partial charge in [-0.25, -0.2) is 14.8 Å². The number of carboxylic acids is 1. The van der Waals surface area contributed by atoms with Gasteiger partial charge in [-0.05, 0) is 55.3 Å². The van der Waals surface area contributed by atoms with Crippen molar-refractivity contribution in [3.05, 3.63) is 75.6 Å². The van der Waals surface area contributed by atoms with Crippen molar-refractivity contribution >= 4 is 34.7 Å². The summed E-state index contributed by atoms with van der Waals surface area (Å²) in [6.45, 7) is 3.86. The molecule has 9 nitrogen and oxygen atoms in total. The van der Waals surface area contributed by atoms with Crippen LogP contribution in [0.1, 0.15) is 21.5 Å². The van der Waals surface area contributed by atoms with Crippen LogP contribution in [0.3, 0.4) is 0 Å². The van der Waals surface area contributed by atoms with Gasteiger partial charge in [0.15, 0.2) is 0 Å². The number of aryl methyl sites for hydroxylation is 1. The summed E-state index contributed by atoms with van der Waals surface area (Å²) in [7, 11) is 0. The third-order valence-corrected chi connectivity index (χ3v) is 4.26. The van der Waals surface area contributed by atoms with Gasteiger partial charge >= 0.3 is 11.7 Å². The van der Waals surface area contributed by atoms with Gasteiger partial charge in [0.2, 0.25) is 11.6 Å². The maximum atomic E-state index is 11.7. The molecule has 0 radical (unpaired) electrons. The Morgan fingerprint density at radius 2 is 1.68 bits per heavy atom. The summed E-state index contributed by atoms with van der Waals surface area (Å²) in [6.07, 6.45) is 1.22. The second-order valence-electron chi connectivity index (χ2n) is 6.06. The SMILES string of the molecule is Cc1cccc(Nc2ncnc(Nc3ccc(C(=O)O)cc3)c2[N+](=O)[O-])c1C. The Bertz CT molecular complexity index is 1050. The first kappa shape index (κ1) is 18.8. The van der Waals surface area contributed by atoms with Gasteiger partial charge in [-0.2, -0.15) is 0 Å². The molecule has 0 spiro atoms. The van der Waals surface area contributed by atoms with Crippen molar-refractivity contribution < 1.29 is 14.8 Å². The van der Waals surface area contributed by atoms with Gasteiger partial charge in [0.1, 0.15) is 6.33 Å². The van der Waals surface area contributed by atoms with Crippen molar-refractivity contribution in [3.8, 4) is 0 Å². The number of nitro groups is 1. The fourth-order valence-electron chi connectivity index (χ4n) is 2.58. The number of carbonyl (C=O) groups is 1. The maximum absolute atomic E-state index is 11.7. The number of aromatic carboxylic acids is 1. The number of benzene rings is 2. The fourth-order valence-corrected chi connectivity index (χ4v) is 2.58. The van der Waals surface area contributed by atoms with Crippen molar-refractivity contribution in [1.29, 1.82) is 0 Å². The number of rotatable bonds is 6. The lowest BCUT2D eigenvalue weighted by Crippen LogP contribution is -2.06. The molecule has 28 heavy (non-hydrogen) atoms. The molecule has 0 bridgehead atoms. The van der Waals surface area contributed by atoms with Gasteiger partial charge in [0, 0.05) is 11.4 Å². The Morgan fingerprint density at radius 3 is 2.29 bits per heavy atom. The van der Waals surface area contributed by atoms with Crippen LogP contribution >= 0.6 is 0 Å². The molecule has 2 aromatic carbocycles. The first-order chi connectivity index (χ1) is 13.4. The number of hydrogen-bond acceptors (Lipinski definition) is 7. The predicted molar refractivity (Wildman–Crippen MR) is 105 cm³/mol.